The molecule has 0 aliphatic carbocycles. The Morgan fingerprint density at radius 2 is 1.82 bits per heavy atom. The fourth-order valence-electron chi connectivity index (χ4n) is 3.43. The Bertz CT molecular complexity index is 777. The zero-order valence-electron chi connectivity index (χ0n) is 15.9. The van der Waals surface area contributed by atoms with E-state index in [4.69, 9.17) is 9.47 Å². The predicted octanol–water partition coefficient (Wildman–Crippen LogP) is 4.32. The third kappa shape index (κ3) is 4.51. The molecule has 3 rings (SSSR count). The Morgan fingerprint density at radius 1 is 1.18 bits per heavy atom. The van der Waals surface area contributed by atoms with Crippen LogP contribution in [0, 0.1) is 0 Å². The summed E-state index contributed by atoms with van der Waals surface area (Å²) < 4.78 is 53.1. The van der Waals surface area contributed by atoms with Crippen LogP contribution >= 0.6 is 0 Å². The summed E-state index contributed by atoms with van der Waals surface area (Å²) in [5.74, 6) is -0.952. The van der Waals surface area contributed by atoms with Crippen molar-refractivity contribution < 1.29 is 37.0 Å². The number of likely N-dealkylation sites (tertiary alicyclic amines) is 1. The van der Waals surface area contributed by atoms with Gasteiger partial charge in [-0.1, -0.05) is 6.07 Å². The number of amides is 1. The molecular formula is C19H22F3NO5. The van der Waals surface area contributed by atoms with E-state index in [-0.39, 0.29) is 17.7 Å². The van der Waals surface area contributed by atoms with E-state index in [0.717, 1.165) is 6.07 Å². The molecule has 1 aromatic carbocycles. The Kier molecular flexibility index (Phi) is 4.97. The molecule has 154 valence electrons. The Labute approximate surface area is 160 Å². The van der Waals surface area contributed by atoms with Crippen LogP contribution in [0.25, 0.3) is 0 Å². The van der Waals surface area contributed by atoms with Crippen molar-refractivity contribution >= 4 is 11.9 Å². The minimum Gasteiger partial charge on any atom is -0.486 e. The number of halogens is 3. The average Bonchev–Trinajstić information content (AvgIpc) is 2.52. The van der Waals surface area contributed by atoms with Crippen LogP contribution in [0.4, 0.5) is 18.0 Å². The van der Waals surface area contributed by atoms with Gasteiger partial charge in [-0.2, -0.15) is 0 Å². The van der Waals surface area contributed by atoms with Crippen molar-refractivity contribution in [2.45, 2.75) is 57.6 Å². The number of carbonyl (C=O) groups is 2. The van der Waals surface area contributed by atoms with E-state index in [1.165, 1.54) is 12.1 Å². The van der Waals surface area contributed by atoms with E-state index in [1.807, 2.05) is 0 Å². The number of carbonyl (C=O) groups excluding carboxylic acids is 2. The summed E-state index contributed by atoms with van der Waals surface area (Å²) in [6, 6.07) is 3.90. The highest BCUT2D eigenvalue weighted by molar-refractivity contribution is 6.03. The first kappa shape index (κ1) is 20.3. The van der Waals surface area contributed by atoms with Crippen molar-refractivity contribution in [1.82, 2.24) is 4.90 Å². The van der Waals surface area contributed by atoms with Crippen LogP contribution in [-0.4, -0.2) is 47.4 Å². The average molecular weight is 401 g/mol. The maximum atomic E-state index is 12.6. The van der Waals surface area contributed by atoms with Crippen molar-refractivity contribution in [3.8, 4) is 11.5 Å². The molecule has 0 saturated carbocycles. The van der Waals surface area contributed by atoms with Crippen molar-refractivity contribution in [3.63, 3.8) is 0 Å². The molecule has 1 aromatic rings. The van der Waals surface area contributed by atoms with Gasteiger partial charge in [0.1, 0.15) is 28.3 Å². The van der Waals surface area contributed by atoms with Gasteiger partial charge in [0.05, 0.1) is 6.42 Å². The lowest BCUT2D eigenvalue weighted by atomic mass is 9.82. The minimum absolute atomic E-state index is 0.0691. The van der Waals surface area contributed by atoms with Crippen molar-refractivity contribution in [1.29, 1.82) is 0 Å². The molecular weight excluding hydrogens is 379 g/mol. The molecule has 0 bridgehead atoms. The van der Waals surface area contributed by atoms with Gasteiger partial charge in [-0.05, 0) is 32.9 Å². The van der Waals surface area contributed by atoms with Gasteiger partial charge in [0, 0.05) is 25.9 Å². The molecule has 1 amide bonds. The molecule has 9 heteroatoms. The molecule has 0 N–H and O–H groups in total. The Hall–Kier alpha value is -2.45. The Balaban J connectivity index is 1.74. The molecule has 28 heavy (non-hydrogen) atoms. The number of Topliss-reactive ketones (excluding diaryl/α,β-unsaturated/α-hetero) is 1. The summed E-state index contributed by atoms with van der Waals surface area (Å²) in [5.41, 5.74) is -1.66. The standard InChI is InChI=1S/C19H22F3NO5/c1-17(2,3)28-16(25)23-9-7-18(8-10-23)11-12(24)15-13(26-18)5-4-6-14(15)27-19(20,21)22/h4-6H,7-11H2,1-3H3. The molecule has 0 radical (unpaired) electrons. The molecule has 0 unspecified atom stereocenters. The number of piperidine rings is 1. The predicted molar refractivity (Wildman–Crippen MR) is 92.5 cm³/mol. The highest BCUT2D eigenvalue weighted by Gasteiger charge is 2.46. The zero-order chi connectivity index (χ0) is 20.7. The van der Waals surface area contributed by atoms with Crippen LogP contribution in [0.1, 0.15) is 50.4 Å². The van der Waals surface area contributed by atoms with Crippen LogP contribution in [0.3, 0.4) is 0 Å². The first-order chi connectivity index (χ1) is 12.9. The fourth-order valence-corrected chi connectivity index (χ4v) is 3.43. The number of benzene rings is 1. The second-order valence-corrected chi connectivity index (χ2v) is 8.03. The molecule has 2 heterocycles. The molecule has 0 aromatic heterocycles. The number of alkyl halides is 3. The van der Waals surface area contributed by atoms with Crippen LogP contribution in [0.15, 0.2) is 18.2 Å². The van der Waals surface area contributed by atoms with E-state index < -0.39 is 35.2 Å². The molecule has 6 nitrogen and oxygen atoms in total. The van der Waals surface area contributed by atoms with Gasteiger partial charge >= 0.3 is 12.5 Å². The number of ether oxygens (including phenoxy) is 3. The molecule has 0 atom stereocenters. The van der Waals surface area contributed by atoms with Crippen LogP contribution < -0.4 is 9.47 Å². The zero-order valence-corrected chi connectivity index (χ0v) is 15.9. The molecule has 1 saturated heterocycles. The lowest BCUT2D eigenvalue weighted by molar-refractivity contribution is -0.274. The summed E-state index contributed by atoms with van der Waals surface area (Å²) in [6.45, 7) is 5.98. The topological polar surface area (TPSA) is 65.1 Å². The van der Waals surface area contributed by atoms with Gasteiger partial charge in [0.2, 0.25) is 0 Å². The van der Waals surface area contributed by atoms with Gasteiger partial charge in [-0.25, -0.2) is 4.79 Å². The Morgan fingerprint density at radius 3 is 2.39 bits per heavy atom. The SMILES string of the molecule is CC(C)(C)OC(=O)N1CCC2(CC1)CC(=O)c1c(OC(F)(F)F)cccc1O2. The summed E-state index contributed by atoms with van der Waals surface area (Å²) in [7, 11) is 0. The second-order valence-electron chi connectivity index (χ2n) is 8.03. The van der Waals surface area contributed by atoms with Gasteiger partial charge in [0.25, 0.3) is 0 Å². The van der Waals surface area contributed by atoms with Crippen LogP contribution in [0.5, 0.6) is 11.5 Å². The molecule has 1 spiro atoms. The summed E-state index contributed by atoms with van der Waals surface area (Å²) in [6.07, 6.45) is -4.65. The molecule has 1 fully saturated rings. The van der Waals surface area contributed by atoms with Crippen molar-refractivity contribution in [3.05, 3.63) is 23.8 Å². The maximum absolute atomic E-state index is 12.6. The summed E-state index contributed by atoms with van der Waals surface area (Å²) >= 11 is 0. The third-order valence-corrected chi connectivity index (χ3v) is 4.63. The third-order valence-electron chi connectivity index (χ3n) is 4.63. The van der Waals surface area contributed by atoms with Crippen molar-refractivity contribution in [2.75, 3.05) is 13.1 Å². The number of hydrogen-bond donors (Lipinski definition) is 0. The monoisotopic (exact) mass is 401 g/mol. The lowest BCUT2D eigenvalue weighted by Gasteiger charge is -2.44. The summed E-state index contributed by atoms with van der Waals surface area (Å²) in [4.78, 5) is 26.4. The van der Waals surface area contributed by atoms with Gasteiger partial charge in [-0.3, -0.25) is 4.79 Å². The highest BCUT2D eigenvalue weighted by Crippen LogP contribution is 2.43. The van der Waals surface area contributed by atoms with E-state index in [2.05, 4.69) is 4.74 Å². The number of nitrogens with zero attached hydrogens (tertiary/aromatic N) is 1. The fraction of sp³-hybridized carbons (Fsp3) is 0.579. The first-order valence-corrected chi connectivity index (χ1v) is 8.96. The van der Waals surface area contributed by atoms with E-state index in [1.54, 1.807) is 25.7 Å². The number of fused-ring (bicyclic) bond motifs is 1. The van der Waals surface area contributed by atoms with E-state index in [9.17, 15) is 22.8 Å². The van der Waals surface area contributed by atoms with Crippen LogP contribution in [0.2, 0.25) is 0 Å². The molecule has 2 aliphatic rings. The maximum Gasteiger partial charge on any atom is 0.573 e. The summed E-state index contributed by atoms with van der Waals surface area (Å²) in [5, 5.41) is 0. The quantitative estimate of drug-likeness (QED) is 0.701. The normalized spacial score (nSPS) is 19.1. The van der Waals surface area contributed by atoms with Gasteiger partial charge in [-0.15, -0.1) is 13.2 Å². The van der Waals surface area contributed by atoms with E-state index >= 15 is 0 Å². The number of hydrogen-bond acceptors (Lipinski definition) is 5. The largest absolute Gasteiger partial charge is 0.573 e. The smallest absolute Gasteiger partial charge is 0.486 e. The van der Waals surface area contributed by atoms with Gasteiger partial charge < -0.3 is 19.1 Å². The lowest BCUT2D eigenvalue weighted by Crippen LogP contribution is -2.53. The number of rotatable bonds is 1. The van der Waals surface area contributed by atoms with Crippen molar-refractivity contribution in [2.24, 2.45) is 0 Å². The van der Waals surface area contributed by atoms with E-state index in [0.29, 0.717) is 25.9 Å². The van der Waals surface area contributed by atoms with Crippen LogP contribution in [-0.2, 0) is 4.74 Å². The highest BCUT2D eigenvalue weighted by atomic mass is 19.4. The molecule has 2 aliphatic heterocycles. The number of ketones is 1. The second kappa shape index (κ2) is 6.86. The van der Waals surface area contributed by atoms with Gasteiger partial charge in [0.15, 0.2) is 5.78 Å². The first-order valence-electron chi connectivity index (χ1n) is 8.96. The minimum atomic E-state index is -4.90.